The van der Waals surface area contributed by atoms with Gasteiger partial charge >= 0.3 is 30.3 Å². The summed E-state index contributed by atoms with van der Waals surface area (Å²) in [6, 6.07) is 13.9. The summed E-state index contributed by atoms with van der Waals surface area (Å²) in [5, 5.41) is 28.1. The largest absolute Gasteiger partial charge is 0.491 e. The van der Waals surface area contributed by atoms with Crippen molar-refractivity contribution in [1.82, 2.24) is 10.6 Å². The van der Waals surface area contributed by atoms with Crippen molar-refractivity contribution in [3.63, 3.8) is 0 Å². The number of piperidine rings is 1. The molecule has 12 nitrogen and oxygen atoms in total. The Morgan fingerprint density at radius 1 is 0.958 bits per heavy atom. The first-order valence-corrected chi connectivity index (χ1v) is 14.3. The van der Waals surface area contributed by atoms with Crippen LogP contribution >= 0.6 is 0 Å². The fourth-order valence-corrected chi connectivity index (χ4v) is 4.00. The van der Waals surface area contributed by atoms with E-state index in [0.29, 0.717) is 22.8 Å². The zero-order valence-corrected chi connectivity index (χ0v) is 25.6. The Labute approximate surface area is 271 Å². The predicted molar refractivity (Wildman–Crippen MR) is 159 cm³/mol. The number of benzene rings is 2. The number of amidine groups is 1. The second-order valence-corrected chi connectivity index (χ2v) is 10.1. The summed E-state index contributed by atoms with van der Waals surface area (Å²) in [7, 11) is 0. The van der Waals surface area contributed by atoms with E-state index in [0.717, 1.165) is 19.5 Å². The minimum atomic E-state index is -5.08. The van der Waals surface area contributed by atoms with Crippen LogP contribution in [0.3, 0.4) is 0 Å². The van der Waals surface area contributed by atoms with Gasteiger partial charge in [-0.2, -0.15) is 26.3 Å². The molecule has 0 saturated carbocycles. The lowest BCUT2D eigenvalue weighted by molar-refractivity contribution is -0.193. The molecule has 2 aromatic rings. The van der Waals surface area contributed by atoms with Crippen molar-refractivity contribution in [2.24, 2.45) is 11.7 Å². The van der Waals surface area contributed by atoms with Gasteiger partial charge in [0.05, 0.1) is 19.1 Å². The van der Waals surface area contributed by atoms with Crippen LogP contribution < -0.4 is 21.1 Å². The maximum absolute atomic E-state index is 12.9. The number of carboxylic acid groups (broad SMARTS) is 2. The highest BCUT2D eigenvalue weighted by Gasteiger charge is 2.38. The Kier molecular flexibility index (Phi) is 16.9. The first-order chi connectivity index (χ1) is 22.3. The number of aliphatic carboxylic acids is 2. The smallest absolute Gasteiger partial charge is 0.490 e. The van der Waals surface area contributed by atoms with Gasteiger partial charge in [-0.3, -0.25) is 15.0 Å². The monoisotopic (exact) mass is 694 g/mol. The molecule has 0 aliphatic carbocycles. The molecule has 1 amide bonds. The van der Waals surface area contributed by atoms with Crippen LogP contribution in [0.5, 0.6) is 5.75 Å². The van der Waals surface area contributed by atoms with E-state index in [1.165, 1.54) is 18.4 Å². The van der Waals surface area contributed by atoms with Gasteiger partial charge in [-0.15, -0.1) is 0 Å². The number of nitrogen functional groups attached to an aromatic ring is 1. The molecule has 1 aliphatic rings. The van der Waals surface area contributed by atoms with E-state index < -0.39 is 36.3 Å². The van der Waals surface area contributed by atoms with E-state index in [1.54, 1.807) is 31.2 Å². The normalized spacial score (nSPS) is 13.7. The highest BCUT2D eigenvalue weighted by Crippen LogP contribution is 2.19. The third kappa shape index (κ3) is 16.6. The number of carbonyl (C=O) groups excluding carboxylic acids is 2. The topological polar surface area (TPSA) is 201 Å². The fraction of sp³-hybridized carbons (Fsp3) is 0.433. The van der Waals surface area contributed by atoms with Crippen LogP contribution in [0.15, 0.2) is 48.5 Å². The number of amides is 1. The number of rotatable bonds is 11. The number of ether oxygens (including phenoxy) is 2. The molecule has 1 atom stereocenters. The van der Waals surface area contributed by atoms with E-state index in [9.17, 15) is 35.9 Å². The molecule has 0 bridgehead atoms. The summed E-state index contributed by atoms with van der Waals surface area (Å²) < 4.78 is 74.3. The predicted octanol–water partition coefficient (Wildman–Crippen LogP) is 3.91. The van der Waals surface area contributed by atoms with Crippen molar-refractivity contribution in [2.45, 2.75) is 51.0 Å². The Balaban J connectivity index is 0.000000687. The van der Waals surface area contributed by atoms with Gasteiger partial charge in [0.15, 0.2) is 0 Å². The average molecular weight is 695 g/mol. The van der Waals surface area contributed by atoms with Crippen LogP contribution in [0.1, 0.15) is 47.7 Å². The Morgan fingerprint density at radius 2 is 1.50 bits per heavy atom. The first-order valence-electron chi connectivity index (χ1n) is 14.3. The summed E-state index contributed by atoms with van der Waals surface area (Å²) in [5.41, 5.74) is 7.82. The molecule has 0 aromatic heterocycles. The summed E-state index contributed by atoms with van der Waals surface area (Å²) in [4.78, 5) is 42.8. The lowest BCUT2D eigenvalue weighted by atomic mass is 9.91. The number of hydrogen-bond acceptors (Lipinski definition) is 8. The van der Waals surface area contributed by atoms with Gasteiger partial charge in [0.1, 0.15) is 18.2 Å². The van der Waals surface area contributed by atoms with Crippen LogP contribution in [0, 0.1) is 11.3 Å². The number of carbonyl (C=O) groups is 4. The molecule has 1 heterocycles. The molecule has 0 spiro atoms. The quantitative estimate of drug-likeness (QED) is 0.0867. The number of nitrogens with two attached hydrogens (primary N) is 1. The molecule has 2 aromatic carbocycles. The van der Waals surface area contributed by atoms with E-state index >= 15 is 0 Å². The van der Waals surface area contributed by atoms with Crippen molar-refractivity contribution >= 4 is 29.7 Å². The summed E-state index contributed by atoms with van der Waals surface area (Å²) in [6.45, 7) is 4.20. The Bertz CT molecular complexity index is 1340. The van der Waals surface area contributed by atoms with Crippen molar-refractivity contribution < 1.29 is 65.2 Å². The molecule has 0 unspecified atom stereocenters. The van der Waals surface area contributed by atoms with Crippen LogP contribution in [0.25, 0.3) is 0 Å². The van der Waals surface area contributed by atoms with Crippen LogP contribution in [0.4, 0.5) is 26.3 Å². The minimum absolute atomic E-state index is 0.0141. The number of esters is 1. The second-order valence-electron chi connectivity index (χ2n) is 10.1. The van der Waals surface area contributed by atoms with Crippen LogP contribution in [0.2, 0.25) is 0 Å². The zero-order valence-electron chi connectivity index (χ0n) is 25.6. The highest BCUT2D eigenvalue weighted by molar-refractivity contribution is 5.95. The Morgan fingerprint density at radius 3 is 1.98 bits per heavy atom. The Hall–Kier alpha value is -4.87. The van der Waals surface area contributed by atoms with E-state index in [-0.39, 0.29) is 31.4 Å². The maximum atomic E-state index is 12.9. The lowest BCUT2D eigenvalue weighted by Crippen LogP contribution is -2.41. The van der Waals surface area contributed by atoms with Crippen LogP contribution in [-0.4, -0.2) is 84.6 Å². The molecular formula is C30H36F6N4O8. The molecule has 3 rings (SSSR count). The third-order valence-electron chi connectivity index (χ3n) is 6.33. The van der Waals surface area contributed by atoms with E-state index in [1.807, 2.05) is 24.3 Å². The van der Waals surface area contributed by atoms with Crippen molar-refractivity contribution in [3.05, 3.63) is 65.2 Å². The van der Waals surface area contributed by atoms with Gasteiger partial charge < -0.3 is 36.1 Å². The number of carboxylic acids is 2. The van der Waals surface area contributed by atoms with Crippen LogP contribution in [-0.2, 0) is 25.5 Å². The SMILES string of the molecule is CCOC(=O)C[C@H](COc1cccc(C(=N)N)c1)NC(=O)c1ccc(CC2CCNCC2)cc1.O=C(O)C(F)(F)F.O=C(O)C(F)(F)F. The van der Waals surface area contributed by atoms with Gasteiger partial charge in [-0.25, -0.2) is 9.59 Å². The van der Waals surface area contributed by atoms with E-state index in [2.05, 4.69) is 10.6 Å². The zero-order chi connectivity index (χ0) is 36.5. The highest BCUT2D eigenvalue weighted by atomic mass is 19.4. The van der Waals surface area contributed by atoms with E-state index in [4.69, 9.17) is 40.4 Å². The number of hydrogen-bond donors (Lipinski definition) is 6. The lowest BCUT2D eigenvalue weighted by Gasteiger charge is -2.22. The second kappa shape index (κ2) is 19.7. The third-order valence-corrected chi connectivity index (χ3v) is 6.33. The van der Waals surface area contributed by atoms with Gasteiger partial charge in [0.25, 0.3) is 5.91 Å². The molecule has 7 N–H and O–H groups in total. The van der Waals surface area contributed by atoms with Gasteiger partial charge in [-0.1, -0.05) is 24.3 Å². The summed E-state index contributed by atoms with van der Waals surface area (Å²) in [6.07, 6.45) is -6.82. The van der Waals surface area contributed by atoms with Gasteiger partial charge in [-0.05, 0) is 75.0 Å². The fourth-order valence-electron chi connectivity index (χ4n) is 4.00. The minimum Gasteiger partial charge on any atom is -0.491 e. The number of alkyl halides is 6. The molecule has 0 radical (unpaired) electrons. The number of nitrogens with one attached hydrogen (secondary N) is 3. The standard InChI is InChI=1S/C26H34N4O4.2C2HF3O2/c1-2-33-24(31)16-22(17-34-23-5-3-4-21(15-23)25(27)28)30-26(32)20-8-6-18(7-9-20)14-19-10-12-29-13-11-19;2*3-2(4,5)1(6)7/h3-9,15,19,22,29H,2,10-14,16-17H2,1H3,(H3,27,28)(H,30,32);2*(H,6,7)/t22-;;/m1../s1. The molecule has 1 aliphatic heterocycles. The summed E-state index contributed by atoms with van der Waals surface area (Å²) in [5.74, 6) is -5.09. The van der Waals surface area contributed by atoms with Gasteiger partial charge in [0, 0.05) is 11.1 Å². The molecule has 1 saturated heterocycles. The molecule has 1 fully saturated rings. The molecule has 48 heavy (non-hydrogen) atoms. The van der Waals surface area contributed by atoms with Gasteiger partial charge in [0.2, 0.25) is 0 Å². The van der Waals surface area contributed by atoms with Crippen molar-refractivity contribution in [3.8, 4) is 5.75 Å². The first kappa shape index (κ1) is 41.2. The number of halogens is 6. The average Bonchev–Trinajstić information content (AvgIpc) is 3.00. The molecular weight excluding hydrogens is 658 g/mol. The van der Waals surface area contributed by atoms with Crippen molar-refractivity contribution in [1.29, 1.82) is 5.41 Å². The molecule has 266 valence electrons. The summed E-state index contributed by atoms with van der Waals surface area (Å²) >= 11 is 0. The molecule has 18 heteroatoms. The maximum Gasteiger partial charge on any atom is 0.490 e. The van der Waals surface area contributed by atoms with Crippen molar-refractivity contribution in [2.75, 3.05) is 26.3 Å².